The zero-order chi connectivity index (χ0) is 14.4. The zero-order valence-corrected chi connectivity index (χ0v) is 12.7. The van der Waals surface area contributed by atoms with Gasteiger partial charge < -0.3 is 5.11 Å². The minimum atomic E-state index is -1.28. The Morgan fingerprint density at radius 2 is 1.84 bits per heavy atom. The van der Waals surface area contributed by atoms with E-state index in [2.05, 4.69) is 0 Å². The summed E-state index contributed by atoms with van der Waals surface area (Å²) in [5, 5.41) is 10.3. The van der Waals surface area contributed by atoms with E-state index in [0.29, 0.717) is 10.1 Å². The van der Waals surface area contributed by atoms with Crippen LogP contribution in [0.25, 0.3) is 5.03 Å². The lowest BCUT2D eigenvalue weighted by Crippen LogP contribution is -2.21. The highest BCUT2D eigenvalue weighted by molar-refractivity contribution is 6.49. The Morgan fingerprint density at radius 3 is 2.26 bits per heavy atom. The smallest absolute Gasteiger partial charge is 0.325 e. The molecule has 2 atom stereocenters. The third-order valence-electron chi connectivity index (χ3n) is 3.80. The fourth-order valence-corrected chi connectivity index (χ4v) is 3.11. The number of aliphatic carboxylic acids is 1. The SMILES string of the molecule is CC1(C)C(/C=C(\Cl)c2ccc(Cl)cc2)C1(Cl)C(=O)O. The molecule has 5 heteroatoms. The summed E-state index contributed by atoms with van der Waals surface area (Å²) in [6, 6.07) is 7.03. The average molecular weight is 320 g/mol. The van der Waals surface area contributed by atoms with Crippen LogP contribution >= 0.6 is 34.8 Å². The van der Waals surface area contributed by atoms with E-state index in [9.17, 15) is 9.90 Å². The fraction of sp³-hybridized carbons (Fsp3) is 0.357. The molecule has 1 aromatic rings. The van der Waals surface area contributed by atoms with Gasteiger partial charge in [0.1, 0.15) is 0 Å². The number of allylic oxidation sites excluding steroid dienone is 1. The zero-order valence-electron chi connectivity index (χ0n) is 10.5. The van der Waals surface area contributed by atoms with Crippen LogP contribution in [0.3, 0.4) is 0 Å². The second-order valence-electron chi connectivity index (χ2n) is 5.24. The number of rotatable bonds is 3. The maximum Gasteiger partial charge on any atom is 0.325 e. The molecule has 1 aromatic carbocycles. The van der Waals surface area contributed by atoms with Gasteiger partial charge in [0.25, 0.3) is 0 Å². The van der Waals surface area contributed by atoms with Crippen LogP contribution in [0.1, 0.15) is 19.4 Å². The van der Waals surface area contributed by atoms with E-state index in [1.807, 2.05) is 13.8 Å². The van der Waals surface area contributed by atoms with Gasteiger partial charge >= 0.3 is 5.97 Å². The predicted octanol–water partition coefficient (Wildman–Crippen LogP) is 4.64. The van der Waals surface area contributed by atoms with Crippen LogP contribution in [0.5, 0.6) is 0 Å². The molecule has 1 aliphatic carbocycles. The third kappa shape index (κ3) is 2.26. The van der Waals surface area contributed by atoms with Gasteiger partial charge in [-0.15, -0.1) is 11.6 Å². The largest absolute Gasteiger partial charge is 0.480 e. The molecule has 2 rings (SSSR count). The quantitative estimate of drug-likeness (QED) is 0.824. The lowest BCUT2D eigenvalue weighted by molar-refractivity contribution is -0.138. The Hall–Kier alpha value is -0.700. The van der Waals surface area contributed by atoms with E-state index in [-0.39, 0.29) is 5.92 Å². The number of halogens is 3. The number of hydrogen-bond donors (Lipinski definition) is 1. The Morgan fingerprint density at radius 1 is 1.32 bits per heavy atom. The second-order valence-corrected chi connectivity index (χ2v) is 6.68. The summed E-state index contributed by atoms with van der Waals surface area (Å²) in [6.45, 7) is 3.64. The van der Waals surface area contributed by atoms with Crippen molar-refractivity contribution in [3.63, 3.8) is 0 Å². The standard InChI is InChI=1S/C14H13Cl3O2/c1-13(2)11(14(13,17)12(18)19)7-10(16)8-3-5-9(15)6-4-8/h3-7,11H,1-2H3,(H,18,19)/b10-7-. The van der Waals surface area contributed by atoms with Gasteiger partial charge in [-0.25, -0.2) is 0 Å². The van der Waals surface area contributed by atoms with Crippen molar-refractivity contribution in [3.8, 4) is 0 Å². The van der Waals surface area contributed by atoms with Crippen molar-refractivity contribution in [1.82, 2.24) is 0 Å². The molecular weight excluding hydrogens is 307 g/mol. The third-order valence-corrected chi connectivity index (χ3v) is 5.28. The van der Waals surface area contributed by atoms with Crippen molar-refractivity contribution < 1.29 is 9.90 Å². The predicted molar refractivity (Wildman–Crippen MR) is 78.8 cm³/mol. The Balaban J connectivity index is 2.28. The van der Waals surface area contributed by atoms with Gasteiger partial charge in [0.15, 0.2) is 4.87 Å². The first-order valence-electron chi connectivity index (χ1n) is 5.77. The van der Waals surface area contributed by atoms with Crippen LogP contribution < -0.4 is 0 Å². The summed E-state index contributed by atoms with van der Waals surface area (Å²) >= 11 is 18.2. The first-order chi connectivity index (χ1) is 8.71. The number of carboxylic acids is 1. The highest BCUT2D eigenvalue weighted by atomic mass is 35.5. The lowest BCUT2D eigenvalue weighted by atomic mass is 10.1. The molecule has 0 radical (unpaired) electrons. The lowest BCUT2D eigenvalue weighted by Gasteiger charge is -2.03. The monoisotopic (exact) mass is 318 g/mol. The number of benzene rings is 1. The fourth-order valence-electron chi connectivity index (χ4n) is 2.33. The minimum Gasteiger partial charge on any atom is -0.480 e. The molecule has 0 bridgehead atoms. The molecule has 0 spiro atoms. The van der Waals surface area contributed by atoms with Crippen molar-refractivity contribution in [3.05, 3.63) is 40.9 Å². The van der Waals surface area contributed by atoms with Crippen LogP contribution in [0.15, 0.2) is 30.3 Å². The molecule has 1 aliphatic rings. The van der Waals surface area contributed by atoms with Gasteiger partial charge in [0, 0.05) is 21.4 Å². The Kier molecular flexibility index (Phi) is 3.63. The van der Waals surface area contributed by atoms with Gasteiger partial charge in [0.05, 0.1) is 0 Å². The molecule has 102 valence electrons. The first-order valence-corrected chi connectivity index (χ1v) is 6.90. The molecule has 2 nitrogen and oxygen atoms in total. The molecule has 0 aliphatic heterocycles. The first kappa shape index (κ1) is 14.7. The molecule has 2 unspecified atom stereocenters. The minimum absolute atomic E-state index is 0.303. The van der Waals surface area contributed by atoms with Crippen LogP contribution in [-0.4, -0.2) is 16.0 Å². The van der Waals surface area contributed by atoms with E-state index >= 15 is 0 Å². The molecule has 1 fully saturated rings. The summed E-state index contributed by atoms with van der Waals surface area (Å²) in [5.41, 5.74) is 0.269. The van der Waals surface area contributed by atoms with E-state index in [0.717, 1.165) is 5.56 Å². The van der Waals surface area contributed by atoms with Gasteiger partial charge in [-0.2, -0.15) is 0 Å². The van der Waals surface area contributed by atoms with Crippen molar-refractivity contribution in [2.45, 2.75) is 18.7 Å². The highest BCUT2D eigenvalue weighted by Crippen LogP contribution is 2.67. The van der Waals surface area contributed by atoms with Crippen LogP contribution in [0.2, 0.25) is 5.02 Å². The van der Waals surface area contributed by atoms with Gasteiger partial charge in [-0.1, -0.05) is 55.3 Å². The summed E-state index contributed by atoms with van der Waals surface area (Å²) < 4.78 is 0. The van der Waals surface area contributed by atoms with Crippen molar-refractivity contribution in [1.29, 1.82) is 0 Å². The van der Waals surface area contributed by atoms with E-state index in [1.165, 1.54) is 0 Å². The Labute approximate surface area is 127 Å². The number of alkyl halides is 1. The van der Waals surface area contributed by atoms with Crippen LogP contribution in [0.4, 0.5) is 0 Å². The second kappa shape index (κ2) is 4.69. The normalized spacial score (nSPS) is 29.1. The maximum atomic E-state index is 11.3. The molecule has 0 saturated heterocycles. The summed E-state index contributed by atoms with van der Waals surface area (Å²) in [6.07, 6.45) is 1.71. The molecule has 0 heterocycles. The molecule has 0 amide bonds. The van der Waals surface area contributed by atoms with Crippen LogP contribution in [0, 0.1) is 11.3 Å². The van der Waals surface area contributed by atoms with Crippen molar-refractivity contribution in [2.75, 3.05) is 0 Å². The van der Waals surface area contributed by atoms with Gasteiger partial charge in [0.2, 0.25) is 0 Å². The highest BCUT2D eigenvalue weighted by Gasteiger charge is 2.74. The molecule has 0 aromatic heterocycles. The molecule has 1 saturated carbocycles. The average Bonchev–Trinajstić information content (AvgIpc) is 2.76. The summed E-state index contributed by atoms with van der Waals surface area (Å²) in [7, 11) is 0. The van der Waals surface area contributed by atoms with Crippen molar-refractivity contribution >= 4 is 45.8 Å². The number of carbonyl (C=O) groups is 1. The summed E-state index contributed by atoms with van der Waals surface area (Å²) in [4.78, 5) is 9.97. The van der Waals surface area contributed by atoms with E-state index in [1.54, 1.807) is 30.3 Å². The molecule has 19 heavy (non-hydrogen) atoms. The number of hydrogen-bond acceptors (Lipinski definition) is 1. The number of carboxylic acid groups (broad SMARTS) is 1. The summed E-state index contributed by atoms with van der Waals surface area (Å²) in [5.74, 6) is -1.32. The Bertz CT molecular complexity index is 548. The maximum absolute atomic E-state index is 11.3. The van der Waals surface area contributed by atoms with E-state index < -0.39 is 16.3 Å². The molecule has 1 N–H and O–H groups in total. The van der Waals surface area contributed by atoms with Crippen molar-refractivity contribution in [2.24, 2.45) is 11.3 Å². The van der Waals surface area contributed by atoms with Crippen LogP contribution in [-0.2, 0) is 4.79 Å². The topological polar surface area (TPSA) is 37.3 Å². The van der Waals surface area contributed by atoms with E-state index in [4.69, 9.17) is 34.8 Å². The van der Waals surface area contributed by atoms with Gasteiger partial charge in [-0.3, -0.25) is 4.79 Å². The van der Waals surface area contributed by atoms with Gasteiger partial charge in [-0.05, 0) is 17.7 Å². The molecular formula is C14H13Cl3O2.